The van der Waals surface area contributed by atoms with Gasteiger partial charge in [0.1, 0.15) is 28.9 Å². The molecule has 188 valence electrons. The predicted octanol–water partition coefficient (Wildman–Crippen LogP) is 3.64. The third-order valence-electron chi connectivity index (χ3n) is 6.10. The van der Waals surface area contributed by atoms with Gasteiger partial charge in [-0.1, -0.05) is 13.3 Å². The third-order valence-corrected chi connectivity index (χ3v) is 6.10. The third kappa shape index (κ3) is 7.71. The minimum Gasteiger partial charge on any atom is -0.482 e. The molecule has 1 amide bonds. The number of unbranched alkanes of at least 4 members (excludes halogenated alkanes) is 1. The highest BCUT2D eigenvalue weighted by Gasteiger charge is 2.22. The fourth-order valence-corrected chi connectivity index (χ4v) is 4.03. The van der Waals surface area contributed by atoms with Gasteiger partial charge in [-0.15, -0.1) is 0 Å². The van der Waals surface area contributed by atoms with E-state index in [0.717, 1.165) is 38.5 Å². The first-order valence-corrected chi connectivity index (χ1v) is 12.1. The maximum Gasteiger partial charge on any atom is 0.251 e. The molecule has 1 aliphatic carbocycles. The van der Waals surface area contributed by atoms with Crippen molar-refractivity contribution in [3.8, 4) is 17.2 Å². The fraction of sp³-hybridized carbons (Fsp3) is 0.423. The summed E-state index contributed by atoms with van der Waals surface area (Å²) in [4.78, 5) is 13.1. The molecule has 1 saturated carbocycles. The highest BCUT2D eigenvalue weighted by molar-refractivity contribution is 5.95. The SMILES string of the molecule is CCCCC(Oc1cc(Oc2ccc(C(=N)N)cc2)cc(C(=O)NC2CCC(N)CC2)c1)C(=N)N. The van der Waals surface area contributed by atoms with Crippen LogP contribution < -0.4 is 32.0 Å². The number of carbonyl (C=O) groups is 1. The van der Waals surface area contributed by atoms with Crippen molar-refractivity contribution in [1.29, 1.82) is 10.8 Å². The molecule has 9 heteroatoms. The van der Waals surface area contributed by atoms with Crippen LogP contribution in [0.3, 0.4) is 0 Å². The van der Waals surface area contributed by atoms with Crippen LogP contribution in [0.25, 0.3) is 0 Å². The van der Waals surface area contributed by atoms with E-state index in [4.69, 9.17) is 37.5 Å². The van der Waals surface area contributed by atoms with Crippen molar-refractivity contribution in [1.82, 2.24) is 5.32 Å². The summed E-state index contributed by atoms with van der Waals surface area (Å²) in [6.45, 7) is 2.06. The van der Waals surface area contributed by atoms with Gasteiger partial charge in [-0.2, -0.15) is 0 Å². The van der Waals surface area contributed by atoms with E-state index >= 15 is 0 Å². The van der Waals surface area contributed by atoms with Crippen molar-refractivity contribution in [3.63, 3.8) is 0 Å². The van der Waals surface area contributed by atoms with Crippen LogP contribution in [0.1, 0.15) is 67.8 Å². The van der Waals surface area contributed by atoms with Crippen molar-refractivity contribution in [3.05, 3.63) is 53.6 Å². The maximum atomic E-state index is 13.1. The van der Waals surface area contributed by atoms with E-state index in [-0.39, 0.29) is 29.7 Å². The number of hydrogen-bond donors (Lipinski definition) is 6. The number of benzene rings is 2. The van der Waals surface area contributed by atoms with E-state index in [2.05, 4.69) is 12.2 Å². The van der Waals surface area contributed by atoms with E-state index in [1.54, 1.807) is 42.5 Å². The average molecular weight is 481 g/mol. The molecule has 9 N–H and O–H groups in total. The van der Waals surface area contributed by atoms with Crippen molar-refractivity contribution < 1.29 is 14.3 Å². The molecule has 0 aliphatic heterocycles. The highest BCUT2D eigenvalue weighted by Crippen LogP contribution is 2.29. The fourth-order valence-electron chi connectivity index (χ4n) is 4.03. The second-order valence-electron chi connectivity index (χ2n) is 9.02. The quantitative estimate of drug-likeness (QED) is 0.211. The average Bonchev–Trinajstić information content (AvgIpc) is 2.83. The summed E-state index contributed by atoms with van der Waals surface area (Å²) in [5.41, 5.74) is 18.3. The van der Waals surface area contributed by atoms with Crippen LogP contribution in [0.15, 0.2) is 42.5 Å². The van der Waals surface area contributed by atoms with Gasteiger partial charge in [0.05, 0.1) is 0 Å². The molecule has 1 atom stereocenters. The van der Waals surface area contributed by atoms with Gasteiger partial charge < -0.3 is 32.0 Å². The number of nitrogen functional groups attached to an aromatic ring is 1. The summed E-state index contributed by atoms with van der Waals surface area (Å²) in [5, 5.41) is 18.5. The zero-order valence-corrected chi connectivity index (χ0v) is 20.2. The normalized spacial score (nSPS) is 18.3. The van der Waals surface area contributed by atoms with E-state index in [0.29, 0.717) is 34.8 Å². The number of hydrogen-bond acceptors (Lipinski definition) is 6. The number of nitrogens with two attached hydrogens (primary N) is 3. The smallest absolute Gasteiger partial charge is 0.251 e. The Morgan fingerprint density at radius 2 is 1.66 bits per heavy atom. The Kier molecular flexibility index (Phi) is 9.08. The lowest BCUT2D eigenvalue weighted by Crippen LogP contribution is -2.40. The molecule has 1 aliphatic rings. The van der Waals surface area contributed by atoms with E-state index in [1.165, 1.54) is 0 Å². The van der Waals surface area contributed by atoms with E-state index in [1.807, 2.05) is 0 Å². The van der Waals surface area contributed by atoms with Gasteiger partial charge in [-0.05, 0) is 74.9 Å². The van der Waals surface area contributed by atoms with Gasteiger partial charge in [0.2, 0.25) is 0 Å². The van der Waals surface area contributed by atoms with Crippen LogP contribution in [0.5, 0.6) is 17.2 Å². The van der Waals surface area contributed by atoms with Crippen LogP contribution in [0, 0.1) is 10.8 Å². The molecule has 35 heavy (non-hydrogen) atoms. The molecule has 1 fully saturated rings. The second kappa shape index (κ2) is 12.2. The number of nitrogens with one attached hydrogen (secondary N) is 3. The minimum atomic E-state index is -0.587. The molecule has 2 aromatic carbocycles. The molecule has 2 aromatic rings. The first kappa shape index (κ1) is 26.0. The lowest BCUT2D eigenvalue weighted by molar-refractivity contribution is 0.0925. The van der Waals surface area contributed by atoms with Crippen LogP contribution >= 0.6 is 0 Å². The summed E-state index contributed by atoms with van der Waals surface area (Å²) in [6.07, 6.45) is 5.29. The van der Waals surface area contributed by atoms with Gasteiger partial charge in [0.15, 0.2) is 6.10 Å². The zero-order chi connectivity index (χ0) is 25.4. The van der Waals surface area contributed by atoms with Crippen LogP contribution in [0.2, 0.25) is 0 Å². The molecule has 0 heterocycles. The molecule has 9 nitrogen and oxygen atoms in total. The Balaban J connectivity index is 1.84. The van der Waals surface area contributed by atoms with Crippen molar-refractivity contribution in [2.45, 2.75) is 70.1 Å². The molecular formula is C26H36N6O3. The number of ether oxygens (including phenoxy) is 2. The number of amides is 1. The monoisotopic (exact) mass is 480 g/mol. The molecule has 0 bridgehead atoms. The Morgan fingerprint density at radius 1 is 1.00 bits per heavy atom. The largest absolute Gasteiger partial charge is 0.482 e. The predicted molar refractivity (Wildman–Crippen MR) is 138 cm³/mol. The molecule has 1 unspecified atom stereocenters. The molecule has 0 radical (unpaired) electrons. The molecule has 0 saturated heterocycles. The topological polar surface area (TPSA) is 173 Å². The highest BCUT2D eigenvalue weighted by atomic mass is 16.5. The summed E-state index contributed by atoms with van der Waals surface area (Å²) < 4.78 is 12.0. The van der Waals surface area contributed by atoms with Gasteiger partial charge >= 0.3 is 0 Å². The van der Waals surface area contributed by atoms with E-state index < -0.39 is 6.10 Å². The van der Waals surface area contributed by atoms with Crippen molar-refractivity contribution in [2.75, 3.05) is 0 Å². The lowest BCUT2D eigenvalue weighted by atomic mass is 9.91. The summed E-state index contributed by atoms with van der Waals surface area (Å²) >= 11 is 0. The second-order valence-corrected chi connectivity index (χ2v) is 9.02. The Bertz CT molecular complexity index is 1030. The van der Waals surface area contributed by atoms with Crippen LogP contribution in [-0.4, -0.2) is 35.8 Å². The molecule has 0 aromatic heterocycles. The van der Waals surface area contributed by atoms with Gasteiger partial charge in [-0.25, -0.2) is 0 Å². The first-order valence-electron chi connectivity index (χ1n) is 12.1. The minimum absolute atomic E-state index is 0.0306. The van der Waals surface area contributed by atoms with Gasteiger partial charge in [0, 0.05) is 29.3 Å². The summed E-state index contributed by atoms with van der Waals surface area (Å²) in [7, 11) is 0. The number of rotatable bonds is 11. The standard InChI is InChI=1S/C26H36N6O3/c1-2-3-4-23(25(30)31)35-22-14-17(26(33)32-19-9-7-18(27)8-10-19)13-21(15-22)34-20-11-5-16(6-12-20)24(28)29/h5-6,11-15,18-19,23H,2-4,7-10,27H2,1H3,(H3,28,29)(H3,30,31)(H,32,33). The van der Waals surface area contributed by atoms with Gasteiger partial charge in [-0.3, -0.25) is 15.6 Å². The Labute approximate surface area is 206 Å². The van der Waals surface area contributed by atoms with Gasteiger partial charge in [0.25, 0.3) is 5.91 Å². The Morgan fingerprint density at radius 3 is 2.26 bits per heavy atom. The summed E-state index contributed by atoms with van der Waals surface area (Å²) in [6, 6.07) is 12.0. The van der Waals surface area contributed by atoms with Crippen LogP contribution in [0.4, 0.5) is 0 Å². The number of amidine groups is 2. The van der Waals surface area contributed by atoms with E-state index in [9.17, 15) is 4.79 Å². The lowest BCUT2D eigenvalue weighted by Gasteiger charge is -2.27. The Hall–Kier alpha value is -3.59. The molecule has 0 spiro atoms. The maximum absolute atomic E-state index is 13.1. The van der Waals surface area contributed by atoms with Crippen molar-refractivity contribution in [2.24, 2.45) is 17.2 Å². The zero-order valence-electron chi connectivity index (χ0n) is 20.2. The van der Waals surface area contributed by atoms with Crippen LogP contribution in [-0.2, 0) is 0 Å². The molecular weight excluding hydrogens is 444 g/mol. The first-order chi connectivity index (χ1) is 16.7. The van der Waals surface area contributed by atoms with Crippen molar-refractivity contribution >= 4 is 17.6 Å². The number of carbonyl (C=O) groups excluding carboxylic acids is 1. The summed E-state index contributed by atoms with van der Waals surface area (Å²) in [5.74, 6) is 1.02. The molecule has 3 rings (SSSR count).